The number of rotatable bonds is 5. The zero-order valence-electron chi connectivity index (χ0n) is 16.5. The second kappa shape index (κ2) is 8.14. The summed E-state index contributed by atoms with van der Waals surface area (Å²) >= 11 is 1.81. The van der Waals surface area contributed by atoms with Crippen molar-refractivity contribution < 1.29 is 0 Å². The molecule has 6 heteroatoms. The van der Waals surface area contributed by atoms with E-state index in [2.05, 4.69) is 34.5 Å². The average Bonchev–Trinajstić information content (AvgIpc) is 3.28. The predicted molar refractivity (Wildman–Crippen MR) is 114 cm³/mol. The Bertz CT molecular complexity index is 838. The first-order valence-electron chi connectivity index (χ1n) is 10.1. The van der Waals surface area contributed by atoms with E-state index in [-0.39, 0.29) is 0 Å². The SMILES string of the molecule is C#CCCN1CCN(c2nc(CN3CCCC3)nc3sc(C)c(C)c23)CC1. The van der Waals surface area contributed by atoms with Gasteiger partial charge in [0.2, 0.25) is 0 Å². The standard InChI is InChI=1S/C21H29N5S/c1-4-5-8-24-11-13-26(14-12-24)20-19-16(2)17(3)27-21(19)23-18(22-20)15-25-9-6-7-10-25/h1H,5-15H2,2-3H3. The van der Waals surface area contributed by atoms with E-state index >= 15 is 0 Å². The van der Waals surface area contributed by atoms with Crippen LogP contribution >= 0.6 is 11.3 Å². The molecular formula is C21H29N5S. The molecule has 0 bridgehead atoms. The Labute approximate surface area is 166 Å². The molecule has 4 heterocycles. The van der Waals surface area contributed by atoms with Gasteiger partial charge in [-0.05, 0) is 45.3 Å². The minimum absolute atomic E-state index is 0.834. The molecule has 0 aromatic carbocycles. The minimum atomic E-state index is 0.834. The Kier molecular flexibility index (Phi) is 5.63. The fourth-order valence-corrected chi connectivity index (χ4v) is 5.16. The van der Waals surface area contributed by atoms with E-state index < -0.39 is 0 Å². The highest BCUT2D eigenvalue weighted by atomic mass is 32.1. The van der Waals surface area contributed by atoms with Gasteiger partial charge in [-0.25, -0.2) is 9.97 Å². The highest BCUT2D eigenvalue weighted by Gasteiger charge is 2.24. The van der Waals surface area contributed by atoms with Gasteiger partial charge in [-0.2, -0.15) is 0 Å². The van der Waals surface area contributed by atoms with E-state index in [1.807, 2.05) is 11.3 Å². The van der Waals surface area contributed by atoms with Gasteiger partial charge >= 0.3 is 0 Å². The fraction of sp³-hybridized carbons (Fsp3) is 0.619. The van der Waals surface area contributed by atoms with Crippen LogP contribution in [0.5, 0.6) is 0 Å². The van der Waals surface area contributed by atoms with Crippen LogP contribution in [0.4, 0.5) is 5.82 Å². The van der Waals surface area contributed by atoms with Crippen molar-refractivity contribution in [1.82, 2.24) is 19.8 Å². The number of hydrogen-bond acceptors (Lipinski definition) is 6. The quantitative estimate of drug-likeness (QED) is 0.742. The third kappa shape index (κ3) is 3.96. The van der Waals surface area contributed by atoms with Crippen LogP contribution in [0, 0.1) is 26.2 Å². The van der Waals surface area contributed by atoms with Crippen molar-refractivity contribution in [1.29, 1.82) is 0 Å². The van der Waals surface area contributed by atoms with Crippen LogP contribution in [0.2, 0.25) is 0 Å². The molecule has 2 aromatic rings. The Morgan fingerprint density at radius 1 is 1.00 bits per heavy atom. The zero-order chi connectivity index (χ0) is 18.8. The highest BCUT2D eigenvalue weighted by molar-refractivity contribution is 7.18. The second-order valence-electron chi connectivity index (χ2n) is 7.69. The van der Waals surface area contributed by atoms with Crippen molar-refractivity contribution in [3.8, 4) is 12.3 Å². The third-order valence-electron chi connectivity index (χ3n) is 5.86. The summed E-state index contributed by atoms with van der Waals surface area (Å²) in [7, 11) is 0. The van der Waals surface area contributed by atoms with Crippen molar-refractivity contribution in [2.45, 2.75) is 39.7 Å². The highest BCUT2D eigenvalue weighted by Crippen LogP contribution is 2.35. The molecule has 2 aliphatic rings. The summed E-state index contributed by atoms with van der Waals surface area (Å²) in [5.41, 5.74) is 1.34. The summed E-state index contributed by atoms with van der Waals surface area (Å²) in [5, 5.41) is 1.26. The van der Waals surface area contributed by atoms with E-state index in [4.69, 9.17) is 16.4 Å². The van der Waals surface area contributed by atoms with Gasteiger partial charge in [0.25, 0.3) is 0 Å². The van der Waals surface area contributed by atoms with Crippen LogP contribution in [0.15, 0.2) is 0 Å². The lowest BCUT2D eigenvalue weighted by Crippen LogP contribution is -2.47. The predicted octanol–water partition coefficient (Wildman–Crippen LogP) is 3.05. The Morgan fingerprint density at radius 3 is 2.44 bits per heavy atom. The number of nitrogens with zero attached hydrogens (tertiary/aromatic N) is 5. The fourth-order valence-electron chi connectivity index (χ4n) is 4.12. The topological polar surface area (TPSA) is 35.5 Å². The smallest absolute Gasteiger partial charge is 0.146 e. The Balaban J connectivity index is 1.61. The summed E-state index contributed by atoms with van der Waals surface area (Å²) < 4.78 is 0. The maximum Gasteiger partial charge on any atom is 0.146 e. The van der Waals surface area contributed by atoms with Crippen LogP contribution in [-0.4, -0.2) is 65.6 Å². The van der Waals surface area contributed by atoms with Crippen molar-refractivity contribution in [3.05, 3.63) is 16.3 Å². The molecule has 0 unspecified atom stereocenters. The number of anilines is 1. The maximum atomic E-state index is 5.42. The molecule has 5 nitrogen and oxygen atoms in total. The number of fused-ring (bicyclic) bond motifs is 1. The van der Waals surface area contributed by atoms with E-state index in [9.17, 15) is 0 Å². The Hall–Kier alpha value is -1.68. The monoisotopic (exact) mass is 383 g/mol. The number of aromatic nitrogens is 2. The largest absolute Gasteiger partial charge is 0.353 e. The van der Waals surface area contributed by atoms with Gasteiger partial charge in [0, 0.05) is 44.0 Å². The molecule has 0 saturated carbocycles. The van der Waals surface area contributed by atoms with E-state index in [0.717, 1.165) is 62.2 Å². The van der Waals surface area contributed by atoms with Crippen LogP contribution in [0.1, 0.15) is 35.5 Å². The number of likely N-dealkylation sites (tertiary alicyclic amines) is 1. The lowest BCUT2D eigenvalue weighted by Gasteiger charge is -2.35. The van der Waals surface area contributed by atoms with Crippen LogP contribution in [0.3, 0.4) is 0 Å². The van der Waals surface area contributed by atoms with Crippen LogP contribution in [-0.2, 0) is 6.54 Å². The Morgan fingerprint density at radius 2 is 1.74 bits per heavy atom. The number of terminal acetylenes is 1. The average molecular weight is 384 g/mol. The van der Waals surface area contributed by atoms with Gasteiger partial charge in [-0.1, -0.05) is 0 Å². The number of piperazine rings is 1. The summed E-state index contributed by atoms with van der Waals surface area (Å²) in [6.07, 6.45) is 8.85. The molecule has 0 spiro atoms. The lowest BCUT2D eigenvalue weighted by atomic mass is 10.2. The molecule has 2 saturated heterocycles. The van der Waals surface area contributed by atoms with Crippen molar-refractivity contribution in [2.24, 2.45) is 0 Å². The molecule has 0 amide bonds. The first-order valence-corrected chi connectivity index (χ1v) is 10.9. The number of thiophene rings is 1. The zero-order valence-corrected chi connectivity index (χ0v) is 17.3. The van der Waals surface area contributed by atoms with Gasteiger partial charge in [0.15, 0.2) is 0 Å². The second-order valence-corrected chi connectivity index (χ2v) is 8.90. The van der Waals surface area contributed by atoms with Gasteiger partial charge in [-0.3, -0.25) is 9.80 Å². The molecule has 0 radical (unpaired) electrons. The molecule has 4 rings (SSSR count). The van der Waals surface area contributed by atoms with E-state index in [1.165, 1.54) is 41.8 Å². The van der Waals surface area contributed by atoms with Crippen LogP contribution in [0.25, 0.3) is 10.2 Å². The molecule has 2 aliphatic heterocycles. The normalized spacial score (nSPS) is 19.1. The third-order valence-corrected chi connectivity index (χ3v) is 6.96. The minimum Gasteiger partial charge on any atom is -0.353 e. The summed E-state index contributed by atoms with van der Waals surface area (Å²) in [6.45, 7) is 12.8. The van der Waals surface area contributed by atoms with Crippen LogP contribution < -0.4 is 4.90 Å². The van der Waals surface area contributed by atoms with Gasteiger partial charge in [-0.15, -0.1) is 23.7 Å². The first kappa shape index (κ1) is 18.7. The summed E-state index contributed by atoms with van der Waals surface area (Å²) in [6, 6.07) is 0. The molecule has 144 valence electrons. The molecule has 2 fully saturated rings. The van der Waals surface area contributed by atoms with Crippen molar-refractivity contribution in [3.63, 3.8) is 0 Å². The number of hydrogen-bond donors (Lipinski definition) is 0. The molecule has 0 N–H and O–H groups in total. The van der Waals surface area contributed by atoms with Crippen molar-refractivity contribution >= 4 is 27.4 Å². The van der Waals surface area contributed by atoms with Gasteiger partial charge in [0.05, 0.1) is 11.9 Å². The molecule has 0 atom stereocenters. The molecule has 0 aliphatic carbocycles. The molecular weight excluding hydrogens is 354 g/mol. The molecule has 27 heavy (non-hydrogen) atoms. The summed E-state index contributed by atoms with van der Waals surface area (Å²) in [4.78, 5) is 19.9. The van der Waals surface area contributed by atoms with E-state index in [1.54, 1.807) is 0 Å². The van der Waals surface area contributed by atoms with E-state index in [0.29, 0.717) is 0 Å². The number of aryl methyl sites for hydroxylation is 2. The molecule has 2 aromatic heterocycles. The van der Waals surface area contributed by atoms with Gasteiger partial charge < -0.3 is 4.90 Å². The summed E-state index contributed by atoms with van der Waals surface area (Å²) in [5.74, 6) is 4.88. The first-order chi connectivity index (χ1) is 13.2. The maximum absolute atomic E-state index is 5.42. The lowest BCUT2D eigenvalue weighted by molar-refractivity contribution is 0.263. The van der Waals surface area contributed by atoms with Crippen molar-refractivity contribution in [2.75, 3.05) is 50.7 Å². The van der Waals surface area contributed by atoms with Gasteiger partial charge in [0.1, 0.15) is 16.5 Å².